The number of carbonyl (C=O) groups excluding carboxylic acids is 2. The van der Waals surface area contributed by atoms with Crippen molar-refractivity contribution in [2.24, 2.45) is 5.16 Å². The Labute approximate surface area is 152 Å². The standard InChI is InChI=1S/C15H18N6O3.C2H6/c1-8(6-16)21-24-10(3)9(2)19-15(23)13-11-4-5-12(22)20-14(11)18-7-17-13;1-2/h6-7,9,16H,3-5H2,1-2H3,(H,19,23)(H,17,18,20,22);1-2H3/b16-6?,21-8+;. The van der Waals surface area contributed by atoms with Gasteiger partial charge in [0.2, 0.25) is 5.91 Å². The maximum absolute atomic E-state index is 12.4. The number of oxime groups is 1. The maximum atomic E-state index is 12.4. The molecule has 0 fully saturated rings. The molecule has 9 nitrogen and oxygen atoms in total. The van der Waals surface area contributed by atoms with E-state index in [1.807, 2.05) is 13.8 Å². The van der Waals surface area contributed by atoms with Gasteiger partial charge in [0.25, 0.3) is 5.91 Å². The van der Waals surface area contributed by atoms with Crippen molar-refractivity contribution in [1.82, 2.24) is 15.3 Å². The third kappa shape index (κ3) is 5.47. The van der Waals surface area contributed by atoms with Crippen molar-refractivity contribution in [1.29, 1.82) is 5.41 Å². The van der Waals surface area contributed by atoms with Gasteiger partial charge >= 0.3 is 0 Å². The van der Waals surface area contributed by atoms with Crippen LogP contribution in [-0.2, 0) is 16.1 Å². The second-order valence-corrected chi connectivity index (χ2v) is 5.23. The predicted octanol–water partition coefficient (Wildman–Crippen LogP) is 2.06. The topological polar surface area (TPSA) is 129 Å². The summed E-state index contributed by atoms with van der Waals surface area (Å²) in [5.41, 5.74) is 1.18. The summed E-state index contributed by atoms with van der Waals surface area (Å²) < 4.78 is 0. The molecule has 0 bridgehead atoms. The lowest BCUT2D eigenvalue weighted by molar-refractivity contribution is -0.116. The van der Waals surface area contributed by atoms with Crippen LogP contribution in [-0.4, -0.2) is 39.8 Å². The molecule has 1 atom stereocenters. The lowest BCUT2D eigenvalue weighted by atomic mass is 10.0. The highest BCUT2D eigenvalue weighted by atomic mass is 16.6. The molecule has 1 aromatic heterocycles. The van der Waals surface area contributed by atoms with Crippen LogP contribution in [0.15, 0.2) is 23.8 Å². The number of anilines is 1. The van der Waals surface area contributed by atoms with Gasteiger partial charge in [0.05, 0.1) is 11.8 Å². The molecule has 0 aliphatic carbocycles. The maximum Gasteiger partial charge on any atom is 0.270 e. The van der Waals surface area contributed by atoms with E-state index in [0.717, 1.165) is 6.21 Å². The van der Waals surface area contributed by atoms with Gasteiger partial charge in [0.1, 0.15) is 23.6 Å². The molecule has 2 heterocycles. The Morgan fingerprint density at radius 1 is 1.46 bits per heavy atom. The van der Waals surface area contributed by atoms with Crippen LogP contribution in [0.3, 0.4) is 0 Å². The lowest BCUT2D eigenvalue weighted by Gasteiger charge is -2.19. The van der Waals surface area contributed by atoms with Crippen molar-refractivity contribution in [3.8, 4) is 0 Å². The molecule has 0 radical (unpaired) electrons. The summed E-state index contributed by atoms with van der Waals surface area (Å²) in [7, 11) is 0. The van der Waals surface area contributed by atoms with Crippen LogP contribution in [0, 0.1) is 5.41 Å². The van der Waals surface area contributed by atoms with Crippen molar-refractivity contribution in [2.75, 3.05) is 5.32 Å². The summed E-state index contributed by atoms with van der Waals surface area (Å²) in [5.74, 6) is 0.0260. The molecule has 2 amide bonds. The minimum atomic E-state index is -0.524. The quantitative estimate of drug-likeness (QED) is 0.406. The van der Waals surface area contributed by atoms with Crippen LogP contribution in [0.4, 0.5) is 5.82 Å². The fraction of sp³-hybridized carbons (Fsp3) is 0.412. The van der Waals surface area contributed by atoms with Gasteiger partial charge in [-0.3, -0.25) is 9.59 Å². The van der Waals surface area contributed by atoms with E-state index in [9.17, 15) is 9.59 Å². The second-order valence-electron chi connectivity index (χ2n) is 5.23. The third-order valence-electron chi connectivity index (χ3n) is 3.37. The van der Waals surface area contributed by atoms with Crippen LogP contribution in [0.25, 0.3) is 0 Å². The lowest BCUT2D eigenvalue weighted by Crippen LogP contribution is -2.36. The molecule has 9 heteroatoms. The van der Waals surface area contributed by atoms with Gasteiger partial charge in [-0.2, -0.15) is 0 Å². The normalized spacial score (nSPS) is 14.0. The molecule has 0 saturated heterocycles. The van der Waals surface area contributed by atoms with Gasteiger partial charge in [-0.1, -0.05) is 25.6 Å². The number of fused-ring (bicyclic) bond motifs is 1. The molecule has 0 saturated carbocycles. The fourth-order valence-electron chi connectivity index (χ4n) is 1.97. The minimum absolute atomic E-state index is 0.137. The molecular formula is C17H24N6O3. The summed E-state index contributed by atoms with van der Waals surface area (Å²) in [4.78, 5) is 36.9. The van der Waals surface area contributed by atoms with Gasteiger partial charge in [-0.15, -0.1) is 0 Å². The van der Waals surface area contributed by atoms with Gasteiger partial charge in [0, 0.05) is 18.2 Å². The molecule has 1 unspecified atom stereocenters. The Morgan fingerprint density at radius 3 is 2.81 bits per heavy atom. The Balaban J connectivity index is 0.00000163. The summed E-state index contributed by atoms with van der Waals surface area (Å²) in [5, 5.41) is 16.0. The van der Waals surface area contributed by atoms with Crippen LogP contribution in [0.5, 0.6) is 0 Å². The second kappa shape index (κ2) is 10.0. The Bertz CT molecular complexity index is 729. The van der Waals surface area contributed by atoms with Crippen LogP contribution in [0.2, 0.25) is 0 Å². The Hall–Kier alpha value is -3.10. The van der Waals surface area contributed by atoms with E-state index in [1.54, 1.807) is 13.8 Å². The zero-order chi connectivity index (χ0) is 19.7. The number of hydrogen-bond acceptors (Lipinski definition) is 7. The minimum Gasteiger partial charge on any atom is -0.360 e. The third-order valence-corrected chi connectivity index (χ3v) is 3.37. The number of amides is 2. The van der Waals surface area contributed by atoms with Crippen LogP contribution in [0.1, 0.15) is 50.2 Å². The predicted molar refractivity (Wildman–Crippen MR) is 99.4 cm³/mol. The zero-order valence-corrected chi connectivity index (χ0v) is 15.4. The fourth-order valence-corrected chi connectivity index (χ4v) is 1.97. The molecule has 1 aliphatic rings. The first-order valence-electron chi connectivity index (χ1n) is 8.27. The number of nitrogens with one attached hydrogen (secondary N) is 3. The SMILES string of the molecule is C=C(O/N=C(\C)C=N)C(C)NC(=O)c1ncnc2c1CCC(=O)N2.CC. The molecular weight excluding hydrogens is 336 g/mol. The van der Waals surface area contributed by atoms with Crippen LogP contribution >= 0.6 is 0 Å². The van der Waals surface area contributed by atoms with Gasteiger partial charge in [0.15, 0.2) is 0 Å². The van der Waals surface area contributed by atoms with E-state index in [-0.39, 0.29) is 23.8 Å². The van der Waals surface area contributed by atoms with Gasteiger partial charge < -0.3 is 20.9 Å². The van der Waals surface area contributed by atoms with E-state index in [0.29, 0.717) is 23.5 Å². The molecule has 26 heavy (non-hydrogen) atoms. The zero-order valence-electron chi connectivity index (χ0n) is 15.4. The van der Waals surface area contributed by atoms with Crippen molar-refractivity contribution < 1.29 is 14.4 Å². The largest absolute Gasteiger partial charge is 0.360 e. The van der Waals surface area contributed by atoms with E-state index in [2.05, 4.69) is 32.3 Å². The van der Waals surface area contributed by atoms with Crippen molar-refractivity contribution in [3.05, 3.63) is 29.9 Å². The highest BCUT2D eigenvalue weighted by Crippen LogP contribution is 2.22. The highest BCUT2D eigenvalue weighted by molar-refractivity contribution is 6.28. The number of hydrogen-bond donors (Lipinski definition) is 3. The van der Waals surface area contributed by atoms with Crippen LogP contribution < -0.4 is 10.6 Å². The van der Waals surface area contributed by atoms with E-state index in [4.69, 9.17) is 10.2 Å². The average molecular weight is 360 g/mol. The number of carbonyl (C=O) groups is 2. The Kier molecular flexibility index (Phi) is 8.07. The monoisotopic (exact) mass is 360 g/mol. The van der Waals surface area contributed by atoms with E-state index in [1.165, 1.54) is 6.33 Å². The Morgan fingerprint density at radius 2 is 2.15 bits per heavy atom. The molecule has 0 aromatic carbocycles. The van der Waals surface area contributed by atoms with E-state index < -0.39 is 11.9 Å². The average Bonchev–Trinajstić information content (AvgIpc) is 2.66. The van der Waals surface area contributed by atoms with Crippen molar-refractivity contribution in [3.63, 3.8) is 0 Å². The summed E-state index contributed by atoms with van der Waals surface area (Å²) in [6.45, 7) is 11.0. The number of nitrogens with zero attached hydrogens (tertiary/aromatic N) is 3. The van der Waals surface area contributed by atoms with Crippen molar-refractivity contribution >= 4 is 29.6 Å². The first-order valence-corrected chi connectivity index (χ1v) is 8.27. The first-order chi connectivity index (χ1) is 12.4. The molecule has 3 N–H and O–H groups in total. The highest BCUT2D eigenvalue weighted by Gasteiger charge is 2.24. The molecule has 2 rings (SSSR count). The summed E-state index contributed by atoms with van der Waals surface area (Å²) in [6, 6.07) is -0.524. The van der Waals surface area contributed by atoms with Gasteiger partial charge in [-0.25, -0.2) is 9.97 Å². The molecule has 140 valence electrons. The number of rotatable bonds is 6. The van der Waals surface area contributed by atoms with E-state index >= 15 is 0 Å². The molecule has 0 spiro atoms. The van der Waals surface area contributed by atoms with Gasteiger partial charge in [-0.05, 0) is 20.3 Å². The molecule has 1 aliphatic heterocycles. The summed E-state index contributed by atoms with van der Waals surface area (Å²) in [6.07, 6.45) is 2.95. The smallest absolute Gasteiger partial charge is 0.270 e. The molecule has 1 aromatic rings. The first kappa shape index (κ1) is 20.9. The number of aromatic nitrogens is 2. The van der Waals surface area contributed by atoms with Crippen molar-refractivity contribution in [2.45, 2.75) is 46.6 Å². The summed E-state index contributed by atoms with van der Waals surface area (Å²) >= 11 is 0.